The van der Waals surface area contributed by atoms with Crippen molar-refractivity contribution < 1.29 is 9.59 Å². The van der Waals surface area contributed by atoms with E-state index in [2.05, 4.69) is 21.2 Å². The molecular formula is C26H20BrN3O2. The highest BCUT2D eigenvalue weighted by atomic mass is 79.9. The summed E-state index contributed by atoms with van der Waals surface area (Å²) in [6.07, 6.45) is 5.02. The predicted molar refractivity (Wildman–Crippen MR) is 130 cm³/mol. The summed E-state index contributed by atoms with van der Waals surface area (Å²) in [6.45, 7) is -0.0595. The van der Waals surface area contributed by atoms with E-state index >= 15 is 0 Å². The molecule has 0 bridgehead atoms. The van der Waals surface area contributed by atoms with Crippen LogP contribution in [0.3, 0.4) is 0 Å². The van der Waals surface area contributed by atoms with Crippen molar-refractivity contribution in [3.63, 3.8) is 0 Å². The highest BCUT2D eigenvalue weighted by Gasteiger charge is 2.11. The highest BCUT2D eigenvalue weighted by Crippen LogP contribution is 2.26. The van der Waals surface area contributed by atoms with Gasteiger partial charge < -0.3 is 5.32 Å². The lowest BCUT2D eigenvalue weighted by Crippen LogP contribution is -2.27. The van der Waals surface area contributed by atoms with Crippen LogP contribution in [0.1, 0.15) is 15.9 Å². The first kappa shape index (κ1) is 21.5. The van der Waals surface area contributed by atoms with Crippen LogP contribution < -0.4 is 5.32 Å². The molecule has 4 rings (SSSR count). The number of carbonyl (C=O) groups excluding carboxylic acids is 2. The van der Waals surface area contributed by atoms with Crippen molar-refractivity contribution in [3.8, 4) is 16.9 Å². The molecule has 32 heavy (non-hydrogen) atoms. The van der Waals surface area contributed by atoms with Gasteiger partial charge in [0, 0.05) is 33.4 Å². The van der Waals surface area contributed by atoms with Crippen LogP contribution in [0.5, 0.6) is 0 Å². The zero-order chi connectivity index (χ0) is 22.3. The first-order valence-corrected chi connectivity index (χ1v) is 10.8. The number of benzene rings is 3. The Bertz CT molecular complexity index is 1250. The minimum atomic E-state index is -0.344. The lowest BCUT2D eigenvalue weighted by atomic mass is 10.1. The van der Waals surface area contributed by atoms with E-state index in [4.69, 9.17) is 5.10 Å². The number of aromatic nitrogens is 2. The highest BCUT2D eigenvalue weighted by molar-refractivity contribution is 9.10. The molecule has 1 amide bonds. The van der Waals surface area contributed by atoms with Gasteiger partial charge in [-0.2, -0.15) is 5.10 Å². The van der Waals surface area contributed by atoms with E-state index in [-0.39, 0.29) is 18.2 Å². The summed E-state index contributed by atoms with van der Waals surface area (Å²) in [5.74, 6) is -0.483. The molecule has 0 saturated carbocycles. The Hall–Kier alpha value is -3.77. The normalized spacial score (nSPS) is 10.9. The number of halogens is 1. The fraction of sp³-hybridized carbons (Fsp3) is 0.0385. The Balaban J connectivity index is 1.54. The van der Waals surface area contributed by atoms with Crippen LogP contribution in [0, 0.1) is 0 Å². The minimum Gasteiger partial charge on any atom is -0.345 e. The van der Waals surface area contributed by atoms with Gasteiger partial charge in [0.15, 0.2) is 5.78 Å². The number of nitrogens with one attached hydrogen (secondary N) is 1. The van der Waals surface area contributed by atoms with Crippen molar-refractivity contribution in [2.75, 3.05) is 6.54 Å². The molecule has 0 unspecified atom stereocenters. The third-order valence-electron chi connectivity index (χ3n) is 4.81. The van der Waals surface area contributed by atoms with E-state index in [9.17, 15) is 9.59 Å². The van der Waals surface area contributed by atoms with Gasteiger partial charge in [0.1, 0.15) is 0 Å². The number of hydrogen-bond donors (Lipinski definition) is 1. The molecular weight excluding hydrogens is 466 g/mol. The van der Waals surface area contributed by atoms with Gasteiger partial charge >= 0.3 is 0 Å². The average molecular weight is 486 g/mol. The summed E-state index contributed by atoms with van der Waals surface area (Å²) in [6, 6.07) is 26.5. The van der Waals surface area contributed by atoms with Gasteiger partial charge in [0.2, 0.25) is 5.91 Å². The van der Waals surface area contributed by atoms with Crippen LogP contribution in [0.4, 0.5) is 0 Å². The minimum absolute atomic E-state index is 0.0595. The molecule has 4 aromatic rings. The molecule has 0 saturated heterocycles. The van der Waals surface area contributed by atoms with Crippen LogP contribution in [0.2, 0.25) is 0 Å². The van der Waals surface area contributed by atoms with Crippen molar-refractivity contribution in [3.05, 3.63) is 113 Å². The van der Waals surface area contributed by atoms with Crippen LogP contribution in [-0.2, 0) is 4.79 Å². The van der Waals surface area contributed by atoms with Gasteiger partial charge in [0.25, 0.3) is 0 Å². The molecule has 0 spiro atoms. The number of ketones is 1. The third kappa shape index (κ3) is 5.28. The quantitative estimate of drug-likeness (QED) is 0.284. The lowest BCUT2D eigenvalue weighted by molar-refractivity contribution is -0.116. The number of Topliss-reactive ketones (excluding diaryl/α,β-unsaturated/α-hetero) is 1. The van der Waals surface area contributed by atoms with E-state index in [1.165, 1.54) is 6.08 Å². The number of amides is 1. The van der Waals surface area contributed by atoms with Crippen LogP contribution in [0.15, 0.2) is 102 Å². The molecule has 0 radical (unpaired) electrons. The summed E-state index contributed by atoms with van der Waals surface area (Å²) in [4.78, 5) is 24.5. The van der Waals surface area contributed by atoms with Crippen LogP contribution >= 0.6 is 15.9 Å². The van der Waals surface area contributed by atoms with Gasteiger partial charge in [-0.25, -0.2) is 4.68 Å². The maximum atomic E-state index is 12.3. The second kappa shape index (κ2) is 10.0. The number of rotatable bonds is 7. The standard InChI is InChI=1S/C26H20BrN3O2/c27-22-14-11-20(12-15-22)26-21(18-30(29-26)23-9-5-2-6-10-23)13-16-25(32)28-17-24(31)19-7-3-1-4-8-19/h1-16,18H,17H2,(H,28,32). The molecule has 5 nitrogen and oxygen atoms in total. The van der Waals surface area contributed by atoms with Crippen molar-refractivity contribution >= 4 is 33.7 Å². The smallest absolute Gasteiger partial charge is 0.244 e. The molecule has 1 aromatic heterocycles. The SMILES string of the molecule is O=C(C=Cc1cn(-c2ccccc2)nc1-c1ccc(Br)cc1)NCC(=O)c1ccccc1. The van der Waals surface area contributed by atoms with E-state index in [0.29, 0.717) is 5.56 Å². The second-order valence-electron chi connectivity index (χ2n) is 7.06. The first-order valence-electron chi connectivity index (χ1n) is 10.1. The van der Waals surface area contributed by atoms with Crippen LogP contribution in [0.25, 0.3) is 23.0 Å². The van der Waals surface area contributed by atoms with E-state index in [1.54, 1.807) is 35.0 Å². The first-order chi connectivity index (χ1) is 15.6. The zero-order valence-electron chi connectivity index (χ0n) is 17.1. The maximum absolute atomic E-state index is 12.3. The molecule has 0 aliphatic heterocycles. The predicted octanol–water partition coefficient (Wildman–Crippen LogP) is 5.31. The van der Waals surface area contributed by atoms with E-state index in [1.807, 2.05) is 66.9 Å². The molecule has 158 valence electrons. The number of para-hydroxylation sites is 1. The van der Waals surface area contributed by atoms with Crippen LogP contribution in [-0.4, -0.2) is 28.0 Å². The molecule has 0 aliphatic carbocycles. The monoisotopic (exact) mass is 485 g/mol. The average Bonchev–Trinajstić information content (AvgIpc) is 3.27. The van der Waals surface area contributed by atoms with E-state index in [0.717, 1.165) is 27.0 Å². The number of carbonyl (C=O) groups is 2. The van der Waals surface area contributed by atoms with Gasteiger partial charge in [0.05, 0.1) is 17.9 Å². The molecule has 1 heterocycles. The topological polar surface area (TPSA) is 64.0 Å². The van der Waals surface area contributed by atoms with Gasteiger partial charge in [-0.15, -0.1) is 0 Å². The summed E-state index contributed by atoms with van der Waals surface area (Å²) >= 11 is 3.45. The number of hydrogen-bond acceptors (Lipinski definition) is 3. The Morgan fingerprint density at radius 3 is 2.25 bits per heavy atom. The molecule has 1 N–H and O–H groups in total. The molecule has 0 atom stereocenters. The van der Waals surface area contributed by atoms with E-state index < -0.39 is 0 Å². The summed E-state index contributed by atoms with van der Waals surface area (Å²) in [5, 5.41) is 7.38. The van der Waals surface area contributed by atoms with Crippen molar-refractivity contribution in [1.82, 2.24) is 15.1 Å². The zero-order valence-corrected chi connectivity index (χ0v) is 18.7. The molecule has 0 aliphatic rings. The lowest BCUT2D eigenvalue weighted by Gasteiger charge is -2.02. The number of nitrogens with zero attached hydrogens (tertiary/aromatic N) is 2. The fourth-order valence-corrected chi connectivity index (χ4v) is 3.44. The fourth-order valence-electron chi connectivity index (χ4n) is 3.17. The molecule has 6 heteroatoms. The Labute approximate surface area is 194 Å². The van der Waals surface area contributed by atoms with Gasteiger partial charge in [-0.1, -0.05) is 76.6 Å². The van der Waals surface area contributed by atoms with Gasteiger partial charge in [-0.3, -0.25) is 9.59 Å². The Morgan fingerprint density at radius 2 is 1.56 bits per heavy atom. The van der Waals surface area contributed by atoms with Crippen molar-refractivity contribution in [2.45, 2.75) is 0 Å². The third-order valence-corrected chi connectivity index (χ3v) is 5.34. The van der Waals surface area contributed by atoms with Crippen molar-refractivity contribution in [2.24, 2.45) is 0 Å². The van der Waals surface area contributed by atoms with Gasteiger partial charge in [-0.05, 0) is 30.3 Å². The maximum Gasteiger partial charge on any atom is 0.244 e. The largest absolute Gasteiger partial charge is 0.345 e. The summed E-state index contributed by atoms with van der Waals surface area (Å²) < 4.78 is 2.76. The molecule has 0 fully saturated rings. The molecule has 3 aromatic carbocycles. The second-order valence-corrected chi connectivity index (χ2v) is 7.98. The van der Waals surface area contributed by atoms with Crippen molar-refractivity contribution in [1.29, 1.82) is 0 Å². The summed E-state index contributed by atoms with van der Waals surface area (Å²) in [5.41, 5.74) is 3.97. The Kier molecular flexibility index (Phi) is 6.72. The summed E-state index contributed by atoms with van der Waals surface area (Å²) in [7, 11) is 0. The Morgan fingerprint density at radius 1 is 0.906 bits per heavy atom.